The molecule has 0 aromatic carbocycles. The lowest BCUT2D eigenvalue weighted by molar-refractivity contribution is 0.0583. The number of rotatable bonds is 2. The number of hydrogen-bond donors (Lipinski definition) is 2. The number of pyridine rings is 1. The molecular formula is C10H14N2O2. The van der Waals surface area contributed by atoms with Crippen LogP contribution >= 0.6 is 0 Å². The number of methoxy groups -OCH3 is 1. The normalized spacial score (nSPS) is 26.4. The summed E-state index contributed by atoms with van der Waals surface area (Å²) in [6.07, 6.45) is 2.41. The molecule has 1 aromatic rings. The maximum absolute atomic E-state index is 10.2. The quantitative estimate of drug-likeness (QED) is 0.709. The molecule has 4 nitrogen and oxygen atoms in total. The van der Waals surface area contributed by atoms with Crippen molar-refractivity contribution in [1.29, 1.82) is 0 Å². The fourth-order valence-corrected chi connectivity index (χ4v) is 1.70. The van der Waals surface area contributed by atoms with Crippen LogP contribution in [0.4, 0.5) is 0 Å². The van der Waals surface area contributed by atoms with Crippen molar-refractivity contribution in [3.8, 4) is 5.88 Å². The Morgan fingerprint density at radius 1 is 1.57 bits per heavy atom. The van der Waals surface area contributed by atoms with Gasteiger partial charge in [-0.25, -0.2) is 4.98 Å². The van der Waals surface area contributed by atoms with Gasteiger partial charge in [-0.05, 0) is 19.0 Å². The highest BCUT2D eigenvalue weighted by Crippen LogP contribution is 2.27. The highest BCUT2D eigenvalue weighted by Gasteiger charge is 2.33. The summed E-state index contributed by atoms with van der Waals surface area (Å²) in [5.74, 6) is 0.573. The molecule has 0 bridgehead atoms. The van der Waals surface area contributed by atoms with E-state index >= 15 is 0 Å². The fraction of sp³-hybridized carbons (Fsp3) is 0.500. The van der Waals surface area contributed by atoms with Gasteiger partial charge in [0, 0.05) is 24.4 Å². The minimum atomic E-state index is -0.751. The Balaban J connectivity index is 2.23. The summed E-state index contributed by atoms with van der Waals surface area (Å²) in [5, 5.41) is 13.3. The molecule has 1 aliphatic rings. The van der Waals surface area contributed by atoms with Gasteiger partial charge in [0.25, 0.3) is 0 Å². The molecule has 76 valence electrons. The number of hydrogen-bond acceptors (Lipinski definition) is 4. The molecule has 1 fully saturated rings. The average molecular weight is 194 g/mol. The summed E-state index contributed by atoms with van der Waals surface area (Å²) in [5.41, 5.74) is 0.0996. The van der Waals surface area contributed by atoms with Crippen LogP contribution in [0.25, 0.3) is 0 Å². The van der Waals surface area contributed by atoms with Gasteiger partial charge in [0.05, 0.1) is 7.11 Å². The van der Waals surface area contributed by atoms with Crippen LogP contribution in [0.2, 0.25) is 0 Å². The van der Waals surface area contributed by atoms with E-state index in [4.69, 9.17) is 4.74 Å². The summed E-state index contributed by atoms with van der Waals surface area (Å²) in [4.78, 5) is 4.08. The first-order valence-electron chi connectivity index (χ1n) is 4.68. The summed E-state index contributed by atoms with van der Waals surface area (Å²) in [6.45, 7) is 1.45. The Morgan fingerprint density at radius 2 is 2.43 bits per heavy atom. The van der Waals surface area contributed by atoms with E-state index in [9.17, 15) is 5.11 Å². The molecule has 2 heterocycles. The lowest BCUT2D eigenvalue weighted by Gasteiger charge is -2.21. The maximum atomic E-state index is 10.2. The number of ether oxygens (including phenoxy) is 1. The molecule has 1 atom stereocenters. The van der Waals surface area contributed by atoms with Crippen LogP contribution in [0.1, 0.15) is 12.0 Å². The Bertz CT molecular complexity index is 304. The fourth-order valence-electron chi connectivity index (χ4n) is 1.70. The minimum Gasteiger partial charge on any atom is -0.481 e. The predicted molar refractivity (Wildman–Crippen MR) is 52.2 cm³/mol. The summed E-state index contributed by atoms with van der Waals surface area (Å²) >= 11 is 0. The largest absolute Gasteiger partial charge is 0.481 e. The first kappa shape index (κ1) is 9.43. The Hall–Kier alpha value is -1.13. The SMILES string of the molecule is COc1ccc(C2(O)CCNC2)cn1. The number of aromatic nitrogens is 1. The maximum Gasteiger partial charge on any atom is 0.212 e. The van der Waals surface area contributed by atoms with Crippen molar-refractivity contribution in [1.82, 2.24) is 10.3 Å². The Labute approximate surface area is 82.9 Å². The number of β-amino-alcohol motifs (C(OH)–C–C–N with tert-alkyl or cyclic N) is 1. The minimum absolute atomic E-state index is 0.573. The molecule has 0 saturated carbocycles. The lowest BCUT2D eigenvalue weighted by Crippen LogP contribution is -2.28. The molecule has 2 rings (SSSR count). The second kappa shape index (κ2) is 3.55. The topological polar surface area (TPSA) is 54.4 Å². The van der Waals surface area contributed by atoms with Crippen molar-refractivity contribution in [2.75, 3.05) is 20.2 Å². The van der Waals surface area contributed by atoms with Crippen LogP contribution in [0.5, 0.6) is 5.88 Å². The second-order valence-corrected chi connectivity index (χ2v) is 3.55. The van der Waals surface area contributed by atoms with Crippen molar-refractivity contribution < 1.29 is 9.84 Å². The molecule has 0 aliphatic carbocycles. The first-order valence-corrected chi connectivity index (χ1v) is 4.68. The van der Waals surface area contributed by atoms with Crippen molar-refractivity contribution in [2.45, 2.75) is 12.0 Å². The van der Waals surface area contributed by atoms with Gasteiger partial charge in [-0.2, -0.15) is 0 Å². The van der Waals surface area contributed by atoms with Crippen molar-refractivity contribution >= 4 is 0 Å². The molecule has 1 aromatic heterocycles. The van der Waals surface area contributed by atoms with Crippen LogP contribution in [0.15, 0.2) is 18.3 Å². The molecule has 2 N–H and O–H groups in total. The Morgan fingerprint density at radius 3 is 2.93 bits per heavy atom. The van der Waals surface area contributed by atoms with E-state index in [1.54, 1.807) is 19.4 Å². The molecule has 14 heavy (non-hydrogen) atoms. The summed E-state index contributed by atoms with van der Waals surface area (Å²) in [7, 11) is 1.58. The van der Waals surface area contributed by atoms with Gasteiger partial charge in [0.15, 0.2) is 0 Å². The first-order chi connectivity index (χ1) is 6.74. The predicted octanol–water partition coefficient (Wildman–Crippen LogP) is 0.271. The summed E-state index contributed by atoms with van der Waals surface area (Å²) < 4.78 is 4.96. The van der Waals surface area contributed by atoms with Gasteiger partial charge in [0.1, 0.15) is 5.60 Å². The lowest BCUT2D eigenvalue weighted by atomic mass is 9.95. The van der Waals surface area contributed by atoms with E-state index in [0.717, 1.165) is 18.5 Å². The standard InChI is InChI=1S/C10H14N2O2/c1-14-9-3-2-8(6-12-9)10(13)4-5-11-7-10/h2-3,6,11,13H,4-5,7H2,1H3. The van der Waals surface area contributed by atoms with E-state index in [0.29, 0.717) is 12.4 Å². The van der Waals surface area contributed by atoms with Crippen LogP contribution in [0.3, 0.4) is 0 Å². The van der Waals surface area contributed by atoms with Crippen LogP contribution in [-0.4, -0.2) is 30.3 Å². The average Bonchev–Trinajstić information content (AvgIpc) is 2.67. The molecule has 0 spiro atoms. The molecule has 0 radical (unpaired) electrons. The zero-order valence-corrected chi connectivity index (χ0v) is 8.16. The molecule has 1 aliphatic heterocycles. The van der Waals surface area contributed by atoms with Crippen molar-refractivity contribution in [2.24, 2.45) is 0 Å². The monoisotopic (exact) mass is 194 g/mol. The summed E-state index contributed by atoms with van der Waals surface area (Å²) in [6, 6.07) is 3.63. The van der Waals surface area contributed by atoms with E-state index in [1.807, 2.05) is 6.07 Å². The third-order valence-electron chi connectivity index (χ3n) is 2.62. The van der Waals surface area contributed by atoms with E-state index in [1.165, 1.54) is 0 Å². The van der Waals surface area contributed by atoms with Gasteiger partial charge < -0.3 is 15.2 Å². The van der Waals surface area contributed by atoms with E-state index in [-0.39, 0.29) is 0 Å². The zero-order chi connectivity index (χ0) is 10.0. The molecule has 4 heteroatoms. The molecule has 1 unspecified atom stereocenters. The van der Waals surface area contributed by atoms with E-state index in [2.05, 4.69) is 10.3 Å². The highest BCUT2D eigenvalue weighted by atomic mass is 16.5. The van der Waals surface area contributed by atoms with Crippen LogP contribution < -0.4 is 10.1 Å². The van der Waals surface area contributed by atoms with E-state index < -0.39 is 5.60 Å². The third-order valence-corrected chi connectivity index (χ3v) is 2.62. The second-order valence-electron chi connectivity index (χ2n) is 3.55. The van der Waals surface area contributed by atoms with Gasteiger partial charge >= 0.3 is 0 Å². The van der Waals surface area contributed by atoms with Gasteiger partial charge in [-0.1, -0.05) is 0 Å². The van der Waals surface area contributed by atoms with Gasteiger partial charge in [-0.15, -0.1) is 0 Å². The number of nitrogens with zero attached hydrogens (tertiary/aromatic N) is 1. The number of nitrogens with one attached hydrogen (secondary N) is 1. The molecule has 1 saturated heterocycles. The van der Waals surface area contributed by atoms with Crippen molar-refractivity contribution in [3.05, 3.63) is 23.9 Å². The Kier molecular flexibility index (Phi) is 2.39. The smallest absolute Gasteiger partial charge is 0.212 e. The van der Waals surface area contributed by atoms with Gasteiger partial charge in [0.2, 0.25) is 5.88 Å². The van der Waals surface area contributed by atoms with Crippen LogP contribution in [0, 0.1) is 0 Å². The number of aliphatic hydroxyl groups is 1. The molecular weight excluding hydrogens is 180 g/mol. The van der Waals surface area contributed by atoms with Crippen LogP contribution in [-0.2, 0) is 5.60 Å². The van der Waals surface area contributed by atoms with Gasteiger partial charge in [-0.3, -0.25) is 0 Å². The third kappa shape index (κ3) is 1.58. The zero-order valence-electron chi connectivity index (χ0n) is 8.16. The molecule has 0 amide bonds. The van der Waals surface area contributed by atoms with Crippen molar-refractivity contribution in [3.63, 3.8) is 0 Å². The highest BCUT2D eigenvalue weighted by molar-refractivity contribution is 5.24.